The van der Waals surface area contributed by atoms with E-state index in [4.69, 9.17) is 0 Å². The molecule has 0 unspecified atom stereocenters. The summed E-state index contributed by atoms with van der Waals surface area (Å²) >= 11 is 0. The second-order valence-electron chi connectivity index (χ2n) is 5.46. The van der Waals surface area contributed by atoms with Crippen molar-refractivity contribution in [2.45, 2.75) is 58.0 Å². The van der Waals surface area contributed by atoms with E-state index in [9.17, 15) is 5.11 Å². The minimum atomic E-state index is -0.444. The van der Waals surface area contributed by atoms with Gasteiger partial charge >= 0.3 is 0 Å². The molecule has 0 heterocycles. The van der Waals surface area contributed by atoms with Gasteiger partial charge in [-0.25, -0.2) is 0 Å². The molecule has 0 amide bonds. The second-order valence-corrected chi connectivity index (χ2v) is 5.46. The topological polar surface area (TPSA) is 32.3 Å². The highest BCUT2D eigenvalue weighted by Gasteiger charge is 2.31. The van der Waals surface area contributed by atoms with Crippen LogP contribution in [0.4, 0.5) is 0 Å². The molecule has 1 fully saturated rings. The average Bonchev–Trinajstić information content (AvgIpc) is 2.26. The third kappa shape index (κ3) is 4.67. The van der Waals surface area contributed by atoms with Crippen molar-refractivity contribution in [1.82, 2.24) is 5.32 Å². The molecule has 1 rings (SSSR count). The van der Waals surface area contributed by atoms with Crippen LogP contribution in [-0.2, 0) is 0 Å². The Balaban J connectivity index is 2.18. The van der Waals surface area contributed by atoms with Crippen LogP contribution in [0.1, 0.15) is 52.4 Å². The summed E-state index contributed by atoms with van der Waals surface area (Å²) in [7, 11) is 0. The van der Waals surface area contributed by atoms with Crippen molar-refractivity contribution in [1.29, 1.82) is 0 Å². The largest absolute Gasteiger partial charge is 0.389 e. The molecule has 2 heteroatoms. The Hall–Kier alpha value is -0.340. The molecule has 0 aromatic rings. The Labute approximate surface area is 100 Å². The number of aliphatic hydroxyl groups is 1. The summed E-state index contributed by atoms with van der Waals surface area (Å²) in [5.74, 6) is 0.843. The highest BCUT2D eigenvalue weighted by Crippen LogP contribution is 2.33. The van der Waals surface area contributed by atoms with Crippen molar-refractivity contribution in [2.75, 3.05) is 13.1 Å². The van der Waals surface area contributed by atoms with E-state index in [1.165, 1.54) is 24.8 Å². The van der Waals surface area contributed by atoms with E-state index in [2.05, 4.69) is 18.8 Å². The Morgan fingerprint density at radius 3 is 2.56 bits per heavy atom. The van der Waals surface area contributed by atoms with Crippen LogP contribution < -0.4 is 5.32 Å². The van der Waals surface area contributed by atoms with Gasteiger partial charge in [-0.05, 0) is 51.5 Å². The zero-order valence-corrected chi connectivity index (χ0v) is 10.9. The molecule has 16 heavy (non-hydrogen) atoms. The fourth-order valence-electron chi connectivity index (χ4n) is 2.42. The number of hydrogen-bond acceptors (Lipinski definition) is 2. The molecule has 0 spiro atoms. The monoisotopic (exact) mass is 225 g/mol. The summed E-state index contributed by atoms with van der Waals surface area (Å²) in [4.78, 5) is 0. The van der Waals surface area contributed by atoms with E-state index >= 15 is 0 Å². The Kier molecular flexibility index (Phi) is 5.50. The van der Waals surface area contributed by atoms with E-state index in [0.29, 0.717) is 0 Å². The van der Waals surface area contributed by atoms with Crippen LogP contribution in [0.3, 0.4) is 0 Å². The molecule has 94 valence electrons. The maximum absolute atomic E-state index is 10.4. The van der Waals surface area contributed by atoms with Gasteiger partial charge in [-0.15, -0.1) is 6.58 Å². The SMILES string of the molecule is C=C(C)CCNCC1(O)CCC(CC)CC1. The van der Waals surface area contributed by atoms with Gasteiger partial charge in [0.05, 0.1) is 5.60 Å². The molecular formula is C14H27NO. The molecule has 1 aliphatic rings. The lowest BCUT2D eigenvalue weighted by Crippen LogP contribution is -2.43. The minimum Gasteiger partial charge on any atom is -0.389 e. The smallest absolute Gasteiger partial charge is 0.0771 e. The Bertz CT molecular complexity index is 217. The molecule has 0 aromatic heterocycles. The van der Waals surface area contributed by atoms with E-state index in [1.54, 1.807) is 0 Å². The fraction of sp³-hybridized carbons (Fsp3) is 0.857. The standard InChI is InChI=1S/C14H27NO/c1-4-13-5-8-14(16,9-6-13)11-15-10-7-12(2)3/h13,15-16H,2,4-11H2,1,3H3. The second kappa shape index (κ2) is 6.41. The van der Waals surface area contributed by atoms with Crippen LogP contribution in [0.25, 0.3) is 0 Å². The van der Waals surface area contributed by atoms with Crippen molar-refractivity contribution in [3.63, 3.8) is 0 Å². The van der Waals surface area contributed by atoms with E-state index < -0.39 is 5.60 Å². The van der Waals surface area contributed by atoms with Crippen molar-refractivity contribution in [2.24, 2.45) is 5.92 Å². The van der Waals surface area contributed by atoms with Crippen LogP contribution in [0, 0.1) is 5.92 Å². The summed E-state index contributed by atoms with van der Waals surface area (Å²) in [6.45, 7) is 9.86. The van der Waals surface area contributed by atoms with Gasteiger partial charge in [0.15, 0.2) is 0 Å². The quantitative estimate of drug-likeness (QED) is 0.538. The Morgan fingerprint density at radius 1 is 1.44 bits per heavy atom. The van der Waals surface area contributed by atoms with Gasteiger partial charge < -0.3 is 10.4 Å². The third-order valence-corrected chi connectivity index (χ3v) is 3.80. The van der Waals surface area contributed by atoms with Gasteiger partial charge in [-0.3, -0.25) is 0 Å². The van der Waals surface area contributed by atoms with Crippen LogP contribution in [0.5, 0.6) is 0 Å². The van der Waals surface area contributed by atoms with Crippen molar-refractivity contribution >= 4 is 0 Å². The zero-order chi connectivity index (χ0) is 12.0. The molecule has 0 atom stereocenters. The molecule has 0 saturated heterocycles. The molecule has 2 N–H and O–H groups in total. The molecule has 1 aliphatic carbocycles. The van der Waals surface area contributed by atoms with Crippen LogP contribution in [0.2, 0.25) is 0 Å². The van der Waals surface area contributed by atoms with E-state index in [-0.39, 0.29) is 0 Å². The predicted octanol–water partition coefficient (Wildman–Crippen LogP) is 2.87. The molecule has 0 aromatic carbocycles. The molecule has 1 saturated carbocycles. The first-order valence-electron chi connectivity index (χ1n) is 6.63. The van der Waals surface area contributed by atoms with Crippen LogP contribution in [-0.4, -0.2) is 23.8 Å². The highest BCUT2D eigenvalue weighted by atomic mass is 16.3. The summed E-state index contributed by atoms with van der Waals surface area (Å²) in [5.41, 5.74) is 0.759. The first kappa shape index (κ1) is 13.7. The van der Waals surface area contributed by atoms with Crippen LogP contribution in [0.15, 0.2) is 12.2 Å². The number of nitrogens with one attached hydrogen (secondary N) is 1. The number of rotatable bonds is 6. The summed E-state index contributed by atoms with van der Waals surface area (Å²) in [5, 5.41) is 13.7. The van der Waals surface area contributed by atoms with Gasteiger partial charge in [0.2, 0.25) is 0 Å². The summed E-state index contributed by atoms with van der Waals surface area (Å²) in [6, 6.07) is 0. The predicted molar refractivity (Wildman–Crippen MR) is 69.5 cm³/mol. The van der Waals surface area contributed by atoms with Gasteiger partial charge in [0.25, 0.3) is 0 Å². The average molecular weight is 225 g/mol. The first-order valence-corrected chi connectivity index (χ1v) is 6.63. The molecule has 0 bridgehead atoms. The fourth-order valence-corrected chi connectivity index (χ4v) is 2.42. The molecular weight excluding hydrogens is 198 g/mol. The lowest BCUT2D eigenvalue weighted by molar-refractivity contribution is -0.00835. The van der Waals surface area contributed by atoms with E-state index in [1.807, 2.05) is 6.92 Å². The Morgan fingerprint density at radius 2 is 2.06 bits per heavy atom. The van der Waals surface area contributed by atoms with Gasteiger partial charge in [-0.1, -0.05) is 18.9 Å². The lowest BCUT2D eigenvalue weighted by atomic mass is 9.78. The third-order valence-electron chi connectivity index (χ3n) is 3.80. The van der Waals surface area contributed by atoms with Gasteiger partial charge in [0, 0.05) is 6.54 Å². The van der Waals surface area contributed by atoms with Gasteiger partial charge in [0.1, 0.15) is 0 Å². The summed E-state index contributed by atoms with van der Waals surface area (Å²) < 4.78 is 0. The summed E-state index contributed by atoms with van der Waals surface area (Å²) in [6.07, 6.45) is 6.58. The van der Waals surface area contributed by atoms with E-state index in [0.717, 1.165) is 38.3 Å². The van der Waals surface area contributed by atoms with Crippen LogP contribution >= 0.6 is 0 Å². The number of hydrogen-bond donors (Lipinski definition) is 2. The van der Waals surface area contributed by atoms with Crippen molar-refractivity contribution in [3.8, 4) is 0 Å². The maximum atomic E-state index is 10.4. The normalized spacial score (nSPS) is 30.3. The highest BCUT2D eigenvalue weighted by molar-refractivity contribution is 4.90. The lowest BCUT2D eigenvalue weighted by Gasteiger charge is -2.36. The molecule has 2 nitrogen and oxygen atoms in total. The maximum Gasteiger partial charge on any atom is 0.0771 e. The minimum absolute atomic E-state index is 0.444. The first-order chi connectivity index (χ1) is 7.56. The molecule has 0 aliphatic heterocycles. The van der Waals surface area contributed by atoms with Crippen molar-refractivity contribution in [3.05, 3.63) is 12.2 Å². The molecule has 0 radical (unpaired) electrons. The van der Waals surface area contributed by atoms with Crippen molar-refractivity contribution < 1.29 is 5.11 Å². The zero-order valence-electron chi connectivity index (χ0n) is 10.9. The van der Waals surface area contributed by atoms with Gasteiger partial charge in [-0.2, -0.15) is 0 Å².